The van der Waals surface area contributed by atoms with E-state index >= 15 is 0 Å². The van der Waals surface area contributed by atoms with Gasteiger partial charge in [0.05, 0.1) is 10.6 Å². The Kier molecular flexibility index (Phi) is 5.70. The predicted molar refractivity (Wildman–Crippen MR) is 105 cm³/mol. The lowest BCUT2D eigenvalue weighted by Gasteiger charge is -2.26. The fraction of sp³-hybridized carbons (Fsp3) is 0.316. The maximum atomic E-state index is 12.9. The molecule has 0 fully saturated rings. The lowest BCUT2D eigenvalue weighted by molar-refractivity contribution is -0.114. The molecule has 0 heterocycles. The van der Waals surface area contributed by atoms with Crippen LogP contribution in [0.15, 0.2) is 52.3 Å². The summed E-state index contributed by atoms with van der Waals surface area (Å²) < 4.78 is 28.7. The Morgan fingerprint density at radius 2 is 1.96 bits per heavy atom. The SMILES string of the molecule is CSc1ccc(S(=O)(=O)N[C@@H]2CCCc3ccccc32)cc1NC(C)=O. The molecule has 0 saturated heterocycles. The number of nitrogens with one attached hydrogen (secondary N) is 2. The maximum Gasteiger partial charge on any atom is 0.241 e. The average Bonchev–Trinajstić information content (AvgIpc) is 2.61. The minimum absolute atomic E-state index is 0.155. The number of benzene rings is 2. The Balaban J connectivity index is 1.91. The summed E-state index contributed by atoms with van der Waals surface area (Å²) in [5.41, 5.74) is 2.75. The van der Waals surface area contributed by atoms with E-state index in [4.69, 9.17) is 0 Å². The molecule has 0 unspecified atom stereocenters. The molecular formula is C19H22N2O3S2. The number of carbonyl (C=O) groups is 1. The summed E-state index contributed by atoms with van der Waals surface area (Å²) in [4.78, 5) is 12.4. The van der Waals surface area contributed by atoms with Crippen LogP contribution in [0.5, 0.6) is 0 Å². The second-order valence-corrected chi connectivity index (χ2v) is 8.87. The number of hydrogen-bond donors (Lipinski definition) is 2. The highest BCUT2D eigenvalue weighted by atomic mass is 32.2. The highest BCUT2D eigenvalue weighted by molar-refractivity contribution is 7.98. The molecule has 1 aliphatic carbocycles. The number of sulfonamides is 1. The molecule has 2 aromatic carbocycles. The van der Waals surface area contributed by atoms with Crippen molar-refractivity contribution in [3.05, 3.63) is 53.6 Å². The molecule has 0 aromatic heterocycles. The number of rotatable bonds is 5. The van der Waals surface area contributed by atoms with Gasteiger partial charge in [-0.15, -0.1) is 11.8 Å². The normalized spacial score (nSPS) is 16.8. The van der Waals surface area contributed by atoms with Crippen LogP contribution in [0, 0.1) is 0 Å². The van der Waals surface area contributed by atoms with Gasteiger partial charge < -0.3 is 5.32 Å². The van der Waals surface area contributed by atoms with Gasteiger partial charge in [0.1, 0.15) is 0 Å². The monoisotopic (exact) mass is 390 g/mol. The fourth-order valence-electron chi connectivity index (χ4n) is 3.27. The van der Waals surface area contributed by atoms with Gasteiger partial charge in [-0.1, -0.05) is 24.3 Å². The van der Waals surface area contributed by atoms with Gasteiger partial charge in [0.25, 0.3) is 0 Å². The molecule has 0 saturated carbocycles. The van der Waals surface area contributed by atoms with Gasteiger partial charge >= 0.3 is 0 Å². The average molecular weight is 391 g/mol. The van der Waals surface area contributed by atoms with E-state index in [-0.39, 0.29) is 16.8 Å². The Hall–Kier alpha value is -1.83. The quantitative estimate of drug-likeness (QED) is 0.763. The van der Waals surface area contributed by atoms with E-state index in [9.17, 15) is 13.2 Å². The second kappa shape index (κ2) is 7.82. The molecule has 1 aliphatic rings. The molecule has 0 spiro atoms. The molecule has 5 nitrogen and oxygen atoms in total. The molecular weight excluding hydrogens is 368 g/mol. The minimum Gasteiger partial charge on any atom is -0.325 e. The third-order valence-corrected chi connectivity index (χ3v) is 6.72. The number of aryl methyl sites for hydroxylation is 1. The predicted octanol–water partition coefficient (Wildman–Crippen LogP) is 3.72. The summed E-state index contributed by atoms with van der Waals surface area (Å²) in [6.45, 7) is 1.41. The van der Waals surface area contributed by atoms with Crippen LogP contribution in [0.1, 0.15) is 36.9 Å². The highest BCUT2D eigenvalue weighted by Crippen LogP contribution is 2.32. The van der Waals surface area contributed by atoms with E-state index in [1.807, 2.05) is 24.5 Å². The number of carbonyl (C=O) groups excluding carboxylic acids is 1. The first kappa shape index (κ1) is 18.9. The van der Waals surface area contributed by atoms with Crippen LogP contribution in [0.25, 0.3) is 0 Å². The highest BCUT2D eigenvalue weighted by Gasteiger charge is 2.26. The topological polar surface area (TPSA) is 75.3 Å². The van der Waals surface area contributed by atoms with Gasteiger partial charge in [-0.2, -0.15) is 0 Å². The van der Waals surface area contributed by atoms with Crippen molar-refractivity contribution < 1.29 is 13.2 Å². The largest absolute Gasteiger partial charge is 0.325 e. The molecule has 2 aromatic rings. The summed E-state index contributed by atoms with van der Waals surface area (Å²) in [5.74, 6) is -0.232. The Bertz CT molecular complexity index is 926. The van der Waals surface area contributed by atoms with Crippen molar-refractivity contribution in [1.29, 1.82) is 0 Å². The number of amides is 1. The van der Waals surface area contributed by atoms with Crippen molar-refractivity contribution in [1.82, 2.24) is 4.72 Å². The summed E-state index contributed by atoms with van der Waals surface area (Å²) in [5, 5.41) is 2.70. The van der Waals surface area contributed by atoms with Crippen molar-refractivity contribution in [2.45, 2.75) is 42.0 Å². The van der Waals surface area contributed by atoms with E-state index in [2.05, 4.69) is 16.1 Å². The second-order valence-electron chi connectivity index (χ2n) is 6.31. The first-order valence-electron chi connectivity index (χ1n) is 8.46. The van der Waals surface area contributed by atoms with Crippen molar-refractivity contribution in [3.8, 4) is 0 Å². The summed E-state index contributed by atoms with van der Waals surface area (Å²) in [7, 11) is -3.70. The third-order valence-electron chi connectivity index (χ3n) is 4.46. The van der Waals surface area contributed by atoms with E-state index in [1.54, 1.807) is 12.1 Å². The number of anilines is 1. The van der Waals surface area contributed by atoms with Gasteiger partial charge in [0.2, 0.25) is 15.9 Å². The molecule has 7 heteroatoms. The number of hydrogen-bond acceptors (Lipinski definition) is 4. The van der Waals surface area contributed by atoms with Crippen LogP contribution in [-0.2, 0) is 21.2 Å². The molecule has 26 heavy (non-hydrogen) atoms. The zero-order chi connectivity index (χ0) is 18.7. The molecule has 2 N–H and O–H groups in total. The summed E-state index contributed by atoms with van der Waals surface area (Å²) in [6, 6.07) is 12.6. The zero-order valence-corrected chi connectivity index (χ0v) is 16.4. The zero-order valence-electron chi connectivity index (χ0n) is 14.8. The Morgan fingerprint density at radius 1 is 1.19 bits per heavy atom. The summed E-state index contributed by atoms with van der Waals surface area (Å²) in [6.07, 6.45) is 4.58. The Labute approximate surface area is 158 Å². The lowest BCUT2D eigenvalue weighted by Crippen LogP contribution is -2.31. The van der Waals surface area contributed by atoms with E-state index in [0.29, 0.717) is 5.69 Å². The standard InChI is InChI=1S/C19H22N2O3S2/c1-13(22)20-18-12-15(10-11-19(18)25-2)26(23,24)21-17-9-5-7-14-6-3-4-8-16(14)17/h3-4,6,8,10-12,17,21H,5,7,9H2,1-2H3,(H,20,22)/t17-/m1/s1. The number of fused-ring (bicyclic) bond motifs is 1. The lowest BCUT2D eigenvalue weighted by atomic mass is 9.88. The van der Waals surface area contributed by atoms with Crippen LogP contribution in [0.4, 0.5) is 5.69 Å². The minimum atomic E-state index is -3.70. The van der Waals surface area contributed by atoms with Crippen LogP contribution in [0.2, 0.25) is 0 Å². The van der Waals surface area contributed by atoms with Crippen LogP contribution >= 0.6 is 11.8 Å². The van der Waals surface area contributed by atoms with Crippen molar-refractivity contribution in [3.63, 3.8) is 0 Å². The molecule has 3 rings (SSSR count). The Morgan fingerprint density at radius 3 is 2.69 bits per heavy atom. The summed E-state index contributed by atoms with van der Waals surface area (Å²) >= 11 is 1.45. The molecule has 0 bridgehead atoms. The van der Waals surface area contributed by atoms with Crippen LogP contribution < -0.4 is 10.0 Å². The molecule has 138 valence electrons. The van der Waals surface area contributed by atoms with E-state index < -0.39 is 10.0 Å². The third kappa shape index (κ3) is 4.11. The molecule has 1 amide bonds. The van der Waals surface area contributed by atoms with Crippen LogP contribution in [-0.4, -0.2) is 20.6 Å². The number of thioether (sulfide) groups is 1. The molecule has 0 aliphatic heterocycles. The maximum absolute atomic E-state index is 12.9. The first-order chi connectivity index (χ1) is 12.4. The van der Waals surface area contributed by atoms with Gasteiger partial charge in [0.15, 0.2) is 0 Å². The van der Waals surface area contributed by atoms with E-state index in [1.165, 1.54) is 30.3 Å². The van der Waals surface area contributed by atoms with Gasteiger partial charge in [-0.05, 0) is 54.8 Å². The van der Waals surface area contributed by atoms with Gasteiger partial charge in [-0.25, -0.2) is 13.1 Å². The fourth-order valence-corrected chi connectivity index (χ4v) is 5.08. The van der Waals surface area contributed by atoms with Gasteiger partial charge in [-0.3, -0.25) is 4.79 Å². The smallest absolute Gasteiger partial charge is 0.241 e. The van der Waals surface area contributed by atoms with Crippen molar-refractivity contribution in [2.75, 3.05) is 11.6 Å². The first-order valence-corrected chi connectivity index (χ1v) is 11.2. The van der Waals surface area contributed by atoms with Crippen LogP contribution in [0.3, 0.4) is 0 Å². The van der Waals surface area contributed by atoms with Crippen molar-refractivity contribution in [2.24, 2.45) is 0 Å². The van der Waals surface area contributed by atoms with Crippen molar-refractivity contribution >= 4 is 33.4 Å². The molecule has 0 radical (unpaired) electrons. The van der Waals surface area contributed by atoms with Gasteiger partial charge in [0, 0.05) is 17.9 Å². The molecule has 1 atom stereocenters. The van der Waals surface area contributed by atoms with E-state index in [0.717, 1.165) is 29.7 Å².